The molecule has 0 aromatic carbocycles. The first-order chi connectivity index (χ1) is 8.95. The van der Waals surface area contributed by atoms with Gasteiger partial charge in [-0.25, -0.2) is 4.98 Å². The van der Waals surface area contributed by atoms with Gasteiger partial charge in [0.25, 0.3) is 0 Å². The maximum atomic E-state index is 12.3. The van der Waals surface area contributed by atoms with Crippen molar-refractivity contribution in [3.8, 4) is 0 Å². The van der Waals surface area contributed by atoms with Gasteiger partial charge in [-0.1, -0.05) is 26.1 Å². The highest BCUT2D eigenvalue weighted by Crippen LogP contribution is 2.46. The lowest BCUT2D eigenvalue weighted by Crippen LogP contribution is -2.56. The second kappa shape index (κ2) is 5.54. The number of carbonyl (C=O) groups excluding carboxylic acids is 1. The predicted octanol–water partition coefficient (Wildman–Crippen LogP) is 2.07. The van der Waals surface area contributed by atoms with Crippen LogP contribution in [0, 0.1) is 11.3 Å². The summed E-state index contributed by atoms with van der Waals surface area (Å²) in [5.74, 6) is 0.704. The standard InChI is InChI=1S/C13H19N3OS2/c1-8-5-13(6-8,11(14)18)12(17)16-7-9(2)10-15-3-4-19-10/h3-4,8-9H,5-7H2,1-2H3,(H2,14,18)(H,16,17). The lowest BCUT2D eigenvalue weighted by atomic mass is 9.62. The molecule has 2 rings (SSSR count). The van der Waals surface area contributed by atoms with Crippen molar-refractivity contribution in [2.24, 2.45) is 17.1 Å². The molecule has 1 aromatic rings. The zero-order valence-electron chi connectivity index (χ0n) is 11.2. The minimum Gasteiger partial charge on any atom is -0.392 e. The van der Waals surface area contributed by atoms with Crippen LogP contribution in [0.1, 0.15) is 37.6 Å². The highest BCUT2D eigenvalue weighted by atomic mass is 32.1. The van der Waals surface area contributed by atoms with Crippen molar-refractivity contribution < 1.29 is 4.79 Å². The normalized spacial score (nSPS) is 27.4. The molecule has 0 radical (unpaired) electrons. The molecule has 4 nitrogen and oxygen atoms in total. The Hall–Kier alpha value is -1.01. The molecule has 1 heterocycles. The van der Waals surface area contributed by atoms with Crippen LogP contribution in [0.5, 0.6) is 0 Å². The minimum absolute atomic E-state index is 0.0264. The molecule has 1 atom stereocenters. The smallest absolute Gasteiger partial charge is 0.233 e. The molecule has 6 heteroatoms. The highest BCUT2D eigenvalue weighted by Gasteiger charge is 2.50. The summed E-state index contributed by atoms with van der Waals surface area (Å²) in [6.07, 6.45) is 3.31. The number of hydrogen-bond donors (Lipinski definition) is 2. The Morgan fingerprint density at radius 2 is 2.42 bits per heavy atom. The van der Waals surface area contributed by atoms with Gasteiger partial charge in [0, 0.05) is 24.0 Å². The Labute approximate surface area is 122 Å². The number of nitrogens with zero attached hydrogens (tertiary/aromatic N) is 1. The summed E-state index contributed by atoms with van der Waals surface area (Å²) in [5, 5.41) is 5.95. The van der Waals surface area contributed by atoms with E-state index in [1.807, 2.05) is 5.38 Å². The molecule has 1 aliphatic rings. The molecular weight excluding hydrogens is 278 g/mol. The summed E-state index contributed by atoms with van der Waals surface area (Å²) in [4.78, 5) is 16.9. The molecule has 1 aromatic heterocycles. The lowest BCUT2D eigenvalue weighted by Gasteiger charge is -2.44. The van der Waals surface area contributed by atoms with Crippen LogP contribution >= 0.6 is 23.6 Å². The molecule has 1 unspecified atom stereocenters. The second-order valence-corrected chi connectivity index (χ2v) is 6.81. The molecular formula is C13H19N3OS2. The van der Waals surface area contributed by atoms with Crippen LogP contribution in [0.4, 0.5) is 0 Å². The number of nitrogens with two attached hydrogens (primary N) is 1. The molecule has 0 aliphatic heterocycles. The third kappa shape index (κ3) is 2.79. The third-order valence-electron chi connectivity index (χ3n) is 3.74. The van der Waals surface area contributed by atoms with E-state index >= 15 is 0 Å². The van der Waals surface area contributed by atoms with Crippen molar-refractivity contribution in [2.75, 3.05) is 6.54 Å². The fourth-order valence-electron chi connectivity index (χ4n) is 2.61. The predicted molar refractivity (Wildman–Crippen MR) is 81.2 cm³/mol. The zero-order valence-corrected chi connectivity index (χ0v) is 12.8. The summed E-state index contributed by atoms with van der Waals surface area (Å²) in [7, 11) is 0. The SMILES string of the molecule is CC1CC(C(=O)NCC(C)c2nccs2)(C(N)=S)C1. The van der Waals surface area contributed by atoms with Gasteiger partial charge in [-0.2, -0.15) is 0 Å². The average Bonchev–Trinajstić information content (AvgIpc) is 2.84. The first-order valence-corrected chi connectivity index (χ1v) is 7.72. The zero-order chi connectivity index (χ0) is 14.0. The van der Waals surface area contributed by atoms with Gasteiger partial charge in [-0.05, 0) is 18.8 Å². The van der Waals surface area contributed by atoms with Crippen molar-refractivity contribution in [1.82, 2.24) is 10.3 Å². The number of aromatic nitrogens is 1. The van der Waals surface area contributed by atoms with Gasteiger partial charge in [-0.3, -0.25) is 4.79 Å². The Morgan fingerprint density at radius 3 is 2.89 bits per heavy atom. The van der Waals surface area contributed by atoms with Crippen LogP contribution in [-0.2, 0) is 4.79 Å². The molecule has 1 saturated carbocycles. The molecule has 1 aliphatic carbocycles. The van der Waals surface area contributed by atoms with Gasteiger partial charge in [-0.15, -0.1) is 11.3 Å². The van der Waals surface area contributed by atoms with Gasteiger partial charge < -0.3 is 11.1 Å². The van der Waals surface area contributed by atoms with Crippen LogP contribution in [0.3, 0.4) is 0 Å². The second-order valence-electron chi connectivity index (χ2n) is 5.44. The first-order valence-electron chi connectivity index (χ1n) is 6.43. The van der Waals surface area contributed by atoms with Gasteiger partial charge in [0.05, 0.1) is 15.4 Å². The number of hydrogen-bond acceptors (Lipinski definition) is 4. The lowest BCUT2D eigenvalue weighted by molar-refractivity contribution is -0.132. The van der Waals surface area contributed by atoms with E-state index in [4.69, 9.17) is 18.0 Å². The number of nitrogens with one attached hydrogen (secondary N) is 1. The summed E-state index contributed by atoms with van der Waals surface area (Å²) in [5.41, 5.74) is 5.14. The molecule has 104 valence electrons. The fraction of sp³-hybridized carbons (Fsp3) is 0.615. The van der Waals surface area contributed by atoms with Crippen molar-refractivity contribution in [3.05, 3.63) is 16.6 Å². The van der Waals surface area contributed by atoms with E-state index < -0.39 is 5.41 Å². The molecule has 0 bridgehead atoms. The Bertz CT molecular complexity index is 466. The van der Waals surface area contributed by atoms with Crippen LogP contribution in [0.2, 0.25) is 0 Å². The van der Waals surface area contributed by atoms with E-state index in [-0.39, 0.29) is 11.8 Å². The largest absolute Gasteiger partial charge is 0.392 e. The highest BCUT2D eigenvalue weighted by molar-refractivity contribution is 7.80. The van der Waals surface area contributed by atoms with Crippen LogP contribution < -0.4 is 11.1 Å². The first kappa shape index (κ1) is 14.4. The van der Waals surface area contributed by atoms with E-state index in [9.17, 15) is 4.79 Å². The summed E-state index contributed by atoms with van der Waals surface area (Å²) in [6, 6.07) is 0. The van der Waals surface area contributed by atoms with Gasteiger partial charge in [0.1, 0.15) is 0 Å². The fourth-order valence-corrected chi connectivity index (χ4v) is 3.57. The molecule has 19 heavy (non-hydrogen) atoms. The topological polar surface area (TPSA) is 68.0 Å². The van der Waals surface area contributed by atoms with E-state index in [0.717, 1.165) is 17.8 Å². The Kier molecular flexibility index (Phi) is 4.20. The quantitative estimate of drug-likeness (QED) is 0.816. The van der Waals surface area contributed by atoms with Crippen LogP contribution in [0.25, 0.3) is 0 Å². The molecule has 3 N–H and O–H groups in total. The summed E-state index contributed by atoms with van der Waals surface area (Å²) < 4.78 is 0. The average molecular weight is 297 g/mol. The molecule has 0 spiro atoms. The van der Waals surface area contributed by atoms with Gasteiger partial charge >= 0.3 is 0 Å². The third-order valence-corrected chi connectivity index (χ3v) is 5.14. The van der Waals surface area contributed by atoms with E-state index in [1.54, 1.807) is 17.5 Å². The maximum absolute atomic E-state index is 12.3. The van der Waals surface area contributed by atoms with E-state index in [2.05, 4.69) is 24.1 Å². The van der Waals surface area contributed by atoms with Crippen LogP contribution in [-0.4, -0.2) is 22.4 Å². The number of carbonyl (C=O) groups is 1. The minimum atomic E-state index is -0.614. The van der Waals surface area contributed by atoms with E-state index in [1.165, 1.54) is 0 Å². The van der Waals surface area contributed by atoms with Crippen molar-refractivity contribution in [1.29, 1.82) is 0 Å². The number of thiocarbonyl (C=S) groups is 1. The van der Waals surface area contributed by atoms with E-state index in [0.29, 0.717) is 17.5 Å². The Balaban J connectivity index is 1.92. The van der Waals surface area contributed by atoms with Gasteiger partial charge in [0.2, 0.25) is 5.91 Å². The monoisotopic (exact) mass is 297 g/mol. The molecule has 1 amide bonds. The number of amides is 1. The maximum Gasteiger partial charge on any atom is 0.233 e. The van der Waals surface area contributed by atoms with Crippen LogP contribution in [0.15, 0.2) is 11.6 Å². The van der Waals surface area contributed by atoms with Crippen molar-refractivity contribution in [2.45, 2.75) is 32.6 Å². The number of rotatable bonds is 5. The Morgan fingerprint density at radius 1 is 1.74 bits per heavy atom. The summed E-state index contributed by atoms with van der Waals surface area (Å²) in [6.45, 7) is 4.74. The number of thiazole rings is 1. The van der Waals surface area contributed by atoms with Crippen molar-refractivity contribution >= 4 is 34.5 Å². The van der Waals surface area contributed by atoms with Gasteiger partial charge in [0.15, 0.2) is 0 Å². The molecule has 0 saturated heterocycles. The summed E-state index contributed by atoms with van der Waals surface area (Å²) >= 11 is 6.68. The molecule has 1 fully saturated rings. The van der Waals surface area contributed by atoms with Crippen molar-refractivity contribution in [3.63, 3.8) is 0 Å².